The Hall–Kier alpha value is -7.42. The number of hydrogen-bond acceptors (Lipinski definition) is 0. The third-order valence-electron chi connectivity index (χ3n) is 8.61. The summed E-state index contributed by atoms with van der Waals surface area (Å²) in [4.78, 5) is 0. The Morgan fingerprint density at radius 2 is 0.571 bits per heavy atom. The van der Waals surface area contributed by atoms with Crippen LogP contribution >= 0.6 is 0 Å². The first-order valence-corrected chi connectivity index (χ1v) is 16.3. The van der Waals surface area contributed by atoms with Gasteiger partial charge in [0.15, 0.2) is 0 Å². The first kappa shape index (κ1) is 12.3. The van der Waals surface area contributed by atoms with E-state index in [4.69, 9.17) is 28.8 Å². The van der Waals surface area contributed by atoms with E-state index >= 15 is 0 Å². The Morgan fingerprint density at radius 1 is 0.232 bits per heavy atom. The fourth-order valence-electron chi connectivity index (χ4n) is 6.21. The normalized spacial score (nSPS) is 20.6. The second-order valence-electron chi connectivity index (χ2n) is 11.8. The summed E-state index contributed by atoms with van der Waals surface area (Å²) in [5.74, 6) is 0. The summed E-state index contributed by atoms with van der Waals surface area (Å²) in [6, 6.07) is -37.3. The molecule has 0 aliphatic heterocycles. The van der Waals surface area contributed by atoms with E-state index in [1.807, 2.05) is 0 Å². The SMILES string of the molecule is [2H]c1c([2H])c([2H])c(-c2c([2H])c([2H])c([2H])c(-c3c([2H])c([2H])c([2H])c(-n4c5c([2H])c([2H])c([2H])c([2H])c5c5c([2H])c(-c6c([2H])c([2H])c7c(c6[2H])c6c([2H])c([2H])c([2H])c([2H])c6n7-c6c([2H])c([2H])c([2H])c(-c7c([2H])c([2H])c([2H])c([2H])c7[2H])c6[2H])c([2H])c([2H])c54)c3[2H])c2[2H])c([2H])c1[2H]. The molecular formula is C54H36N2. The number of fused-ring (bicyclic) bond motifs is 6. The predicted octanol–water partition coefficient (Wildman–Crippen LogP) is 14.5. The van der Waals surface area contributed by atoms with Crippen molar-refractivity contribution in [2.75, 3.05) is 0 Å². The average Bonchev–Trinajstić information content (AvgIpc) is 1.50. The highest BCUT2D eigenvalue weighted by molar-refractivity contribution is 6.12. The van der Waals surface area contributed by atoms with Gasteiger partial charge in [-0.05, 0) is 111 Å². The summed E-state index contributed by atoms with van der Waals surface area (Å²) in [7, 11) is 0. The van der Waals surface area contributed by atoms with E-state index in [-0.39, 0.29) is 0 Å². The van der Waals surface area contributed by atoms with Crippen LogP contribution in [0.5, 0.6) is 0 Å². The van der Waals surface area contributed by atoms with Crippen molar-refractivity contribution in [1.29, 1.82) is 0 Å². The first-order valence-electron chi connectivity index (χ1n) is 34.3. The standard InChI is InChI=1S/C54H36N2/c1-3-14-37(15-4-1)39-18-11-19-40(32-39)42-21-13-23-46(34-42)56-52-27-10-8-25-48(52)50-36-44(29-31-54(50)56)43-28-30-53-49(35-43)47-24-7-9-26-51(47)55(53)45-22-12-20-41(33-45)38-16-5-2-6-17-38/h1-36H/i1D,2D,3D,4D,5D,6D,7D,8D,9D,10D,11D,12D,13D,14D,15D,16D,17D,18D,19D,20D,21D,22D,23D,24D,25D,26D,27D,28D,29D,30D,31D,32D,33D,34D,35D,36D. The van der Waals surface area contributed by atoms with E-state index in [0.717, 1.165) is 0 Å². The van der Waals surface area contributed by atoms with Gasteiger partial charge in [-0.25, -0.2) is 0 Å². The van der Waals surface area contributed by atoms with Crippen LogP contribution in [0.25, 0.3) is 99.5 Å². The predicted molar refractivity (Wildman–Crippen MR) is 237 cm³/mol. The molecule has 0 radical (unpaired) electrons. The lowest BCUT2D eigenvalue weighted by atomic mass is 9.99. The number of hydrogen-bond donors (Lipinski definition) is 0. The minimum absolute atomic E-state index is 0.602. The van der Waals surface area contributed by atoms with Crippen LogP contribution in [0.4, 0.5) is 0 Å². The number of rotatable bonds is 6. The van der Waals surface area contributed by atoms with Gasteiger partial charge in [0.1, 0.15) is 0 Å². The lowest BCUT2D eigenvalue weighted by Crippen LogP contribution is -1.94. The van der Waals surface area contributed by atoms with E-state index in [2.05, 4.69) is 0 Å². The molecule has 2 aromatic heterocycles. The van der Waals surface area contributed by atoms with Crippen molar-refractivity contribution < 1.29 is 49.3 Å². The summed E-state index contributed by atoms with van der Waals surface area (Å²) >= 11 is 0. The fourth-order valence-corrected chi connectivity index (χ4v) is 6.21. The second-order valence-corrected chi connectivity index (χ2v) is 11.8. The zero-order chi connectivity index (χ0) is 68.3. The highest BCUT2D eigenvalue weighted by atomic mass is 15.0. The van der Waals surface area contributed by atoms with Gasteiger partial charge < -0.3 is 9.13 Å². The molecule has 0 spiro atoms. The summed E-state index contributed by atoms with van der Waals surface area (Å²) in [6.45, 7) is 0. The lowest BCUT2D eigenvalue weighted by molar-refractivity contribution is 1.18. The summed E-state index contributed by atoms with van der Waals surface area (Å²) < 4.78 is 326. The quantitative estimate of drug-likeness (QED) is 0.160. The molecule has 0 saturated heterocycles. The molecule has 0 bridgehead atoms. The van der Waals surface area contributed by atoms with Crippen molar-refractivity contribution in [2.45, 2.75) is 0 Å². The Balaban J connectivity index is 1.29. The molecule has 0 aliphatic rings. The average molecular weight is 749 g/mol. The Bertz CT molecular complexity index is 5290. The van der Waals surface area contributed by atoms with Gasteiger partial charge in [0.25, 0.3) is 0 Å². The summed E-state index contributed by atoms with van der Waals surface area (Å²) in [6.07, 6.45) is 0. The Kier molecular flexibility index (Phi) is 2.89. The molecule has 11 rings (SSSR count). The molecule has 0 atom stereocenters. The van der Waals surface area contributed by atoms with Crippen molar-refractivity contribution >= 4 is 43.6 Å². The smallest absolute Gasteiger partial charge is 0.0651 e. The molecular weight excluding hydrogens is 677 g/mol. The van der Waals surface area contributed by atoms with Crippen LogP contribution in [0.15, 0.2) is 218 Å². The lowest BCUT2D eigenvalue weighted by Gasteiger charge is -2.12. The molecule has 0 amide bonds. The monoisotopic (exact) mass is 749 g/mol. The van der Waals surface area contributed by atoms with Crippen LogP contribution in [-0.2, 0) is 0 Å². The molecule has 11 aromatic rings. The molecule has 262 valence electrons. The molecule has 0 unspecified atom stereocenters. The maximum Gasteiger partial charge on any atom is 0.0651 e. The van der Waals surface area contributed by atoms with Gasteiger partial charge in [-0.15, -0.1) is 0 Å². The van der Waals surface area contributed by atoms with Crippen molar-refractivity contribution in [3.05, 3.63) is 218 Å². The maximum atomic E-state index is 10.0. The molecule has 2 heteroatoms. The van der Waals surface area contributed by atoms with Crippen molar-refractivity contribution in [3.8, 4) is 55.9 Å². The fraction of sp³-hybridized carbons (Fsp3) is 0. The van der Waals surface area contributed by atoms with Gasteiger partial charge >= 0.3 is 0 Å². The van der Waals surface area contributed by atoms with Gasteiger partial charge in [-0.3, -0.25) is 0 Å². The van der Waals surface area contributed by atoms with Crippen LogP contribution in [0, 0.1) is 0 Å². The molecule has 0 saturated carbocycles. The number of aromatic nitrogens is 2. The van der Waals surface area contributed by atoms with E-state index < -0.39 is 317 Å². The van der Waals surface area contributed by atoms with E-state index in [0.29, 0.717) is 9.13 Å². The first-order chi connectivity index (χ1) is 42.8. The van der Waals surface area contributed by atoms with Crippen molar-refractivity contribution in [3.63, 3.8) is 0 Å². The largest absolute Gasteiger partial charge is 0.309 e. The second kappa shape index (κ2) is 13.2. The van der Waals surface area contributed by atoms with E-state index in [1.165, 1.54) is 0 Å². The van der Waals surface area contributed by atoms with Crippen molar-refractivity contribution in [1.82, 2.24) is 9.13 Å². The topological polar surface area (TPSA) is 9.86 Å². The number of nitrogens with zero attached hydrogens (tertiary/aromatic N) is 2. The zero-order valence-corrected chi connectivity index (χ0v) is 27.9. The van der Waals surface area contributed by atoms with E-state index in [1.54, 1.807) is 0 Å². The Labute approximate surface area is 376 Å². The number of para-hydroxylation sites is 2. The Morgan fingerprint density at radius 3 is 1.07 bits per heavy atom. The van der Waals surface area contributed by atoms with Gasteiger partial charge in [-0.1, -0.05) is 151 Å². The highest BCUT2D eigenvalue weighted by Crippen LogP contribution is 2.39. The van der Waals surface area contributed by atoms with Crippen LogP contribution in [0.2, 0.25) is 0 Å². The molecule has 2 nitrogen and oxygen atoms in total. The molecule has 9 aromatic carbocycles. The van der Waals surface area contributed by atoms with Crippen molar-refractivity contribution in [2.24, 2.45) is 0 Å². The summed E-state index contributed by atoms with van der Waals surface area (Å²) in [5.41, 5.74) is -12.2. The van der Waals surface area contributed by atoms with Crippen LogP contribution in [-0.4, -0.2) is 9.13 Å². The van der Waals surface area contributed by atoms with Gasteiger partial charge in [-0.2, -0.15) is 0 Å². The maximum absolute atomic E-state index is 10.0. The molecule has 56 heavy (non-hydrogen) atoms. The third-order valence-corrected chi connectivity index (χ3v) is 8.61. The van der Waals surface area contributed by atoms with Gasteiger partial charge in [0.2, 0.25) is 0 Å². The van der Waals surface area contributed by atoms with Crippen LogP contribution < -0.4 is 0 Å². The number of benzene rings is 9. The minimum Gasteiger partial charge on any atom is -0.309 e. The minimum atomic E-state index is -1.18. The van der Waals surface area contributed by atoms with E-state index in [9.17, 15) is 20.6 Å². The summed E-state index contributed by atoms with van der Waals surface area (Å²) in [5, 5.41) is -2.93. The van der Waals surface area contributed by atoms with Crippen LogP contribution in [0.1, 0.15) is 49.3 Å². The van der Waals surface area contributed by atoms with Crippen LogP contribution in [0.3, 0.4) is 0 Å². The zero-order valence-electron chi connectivity index (χ0n) is 63.9. The molecule has 0 fully saturated rings. The highest BCUT2D eigenvalue weighted by Gasteiger charge is 2.17. The molecule has 2 heterocycles. The molecule has 0 N–H and O–H groups in total. The van der Waals surface area contributed by atoms with Gasteiger partial charge in [0.05, 0.1) is 71.4 Å². The third kappa shape index (κ3) is 5.34. The van der Waals surface area contributed by atoms with Gasteiger partial charge in [0, 0.05) is 32.9 Å². The molecule has 0 aliphatic carbocycles.